The summed E-state index contributed by atoms with van der Waals surface area (Å²) in [7, 11) is 1.73. The number of carboxylic acid groups (broad SMARTS) is 1. The lowest BCUT2D eigenvalue weighted by Crippen LogP contribution is -2.25. The molecule has 0 amide bonds. The van der Waals surface area contributed by atoms with Crippen molar-refractivity contribution in [3.8, 4) is 11.8 Å². The average molecular weight is 365 g/mol. The summed E-state index contributed by atoms with van der Waals surface area (Å²) in [5, 5.41) is 8.88. The summed E-state index contributed by atoms with van der Waals surface area (Å²) >= 11 is 0. The normalized spacial score (nSPS) is 11.4. The van der Waals surface area contributed by atoms with Crippen LogP contribution < -0.4 is 0 Å². The molecule has 0 bridgehead atoms. The predicted molar refractivity (Wildman–Crippen MR) is 107 cm³/mol. The summed E-state index contributed by atoms with van der Waals surface area (Å²) < 4.78 is 13.2. The van der Waals surface area contributed by atoms with E-state index in [1.807, 2.05) is 18.2 Å². The van der Waals surface area contributed by atoms with Crippen molar-refractivity contribution in [3.05, 3.63) is 77.1 Å². The largest absolute Gasteiger partial charge is 0.480 e. The van der Waals surface area contributed by atoms with Crippen LogP contribution in [0.1, 0.15) is 36.5 Å². The SMILES string of the molecule is CC(C)c1ccc(C#C/C(=C/CN(C)CC(=O)O)c2ccc(F)cc2)cc1. The van der Waals surface area contributed by atoms with Crippen molar-refractivity contribution in [2.45, 2.75) is 19.8 Å². The highest BCUT2D eigenvalue weighted by Crippen LogP contribution is 2.16. The summed E-state index contributed by atoms with van der Waals surface area (Å²) in [4.78, 5) is 12.5. The van der Waals surface area contributed by atoms with E-state index >= 15 is 0 Å². The van der Waals surface area contributed by atoms with E-state index in [0.29, 0.717) is 12.5 Å². The molecule has 140 valence electrons. The zero-order valence-electron chi connectivity index (χ0n) is 15.9. The second kappa shape index (κ2) is 9.70. The Morgan fingerprint density at radius 1 is 1.15 bits per heavy atom. The van der Waals surface area contributed by atoms with Crippen molar-refractivity contribution < 1.29 is 14.3 Å². The number of benzene rings is 2. The highest BCUT2D eigenvalue weighted by Gasteiger charge is 2.04. The van der Waals surface area contributed by atoms with Crippen molar-refractivity contribution in [1.82, 2.24) is 4.90 Å². The molecule has 3 nitrogen and oxygen atoms in total. The van der Waals surface area contributed by atoms with Crippen LogP contribution >= 0.6 is 0 Å². The van der Waals surface area contributed by atoms with E-state index in [1.54, 1.807) is 24.1 Å². The number of rotatable bonds is 6. The summed E-state index contributed by atoms with van der Waals surface area (Å²) in [5.41, 5.74) is 3.68. The lowest BCUT2D eigenvalue weighted by atomic mass is 10.0. The van der Waals surface area contributed by atoms with Gasteiger partial charge in [-0.05, 0) is 48.4 Å². The molecular weight excluding hydrogens is 341 g/mol. The average Bonchev–Trinajstić information content (AvgIpc) is 2.62. The Balaban J connectivity index is 2.27. The molecule has 4 heteroatoms. The van der Waals surface area contributed by atoms with Gasteiger partial charge in [-0.25, -0.2) is 4.39 Å². The van der Waals surface area contributed by atoms with Gasteiger partial charge in [0.25, 0.3) is 0 Å². The Kier molecular flexibility index (Phi) is 7.34. The first-order valence-corrected chi connectivity index (χ1v) is 8.83. The van der Waals surface area contributed by atoms with Gasteiger partial charge in [0, 0.05) is 17.7 Å². The van der Waals surface area contributed by atoms with Crippen molar-refractivity contribution in [1.29, 1.82) is 0 Å². The van der Waals surface area contributed by atoms with Crippen LogP contribution in [0, 0.1) is 17.7 Å². The third kappa shape index (κ3) is 6.73. The minimum absolute atomic E-state index is 0.0582. The maximum atomic E-state index is 13.2. The van der Waals surface area contributed by atoms with Gasteiger partial charge < -0.3 is 5.11 Å². The Bertz CT molecular complexity index is 856. The number of hydrogen-bond acceptors (Lipinski definition) is 2. The molecule has 27 heavy (non-hydrogen) atoms. The number of aliphatic carboxylic acids is 1. The highest BCUT2D eigenvalue weighted by molar-refractivity contribution is 5.79. The quantitative estimate of drug-likeness (QED) is 0.772. The minimum atomic E-state index is -0.884. The summed E-state index contributed by atoms with van der Waals surface area (Å²) in [6.07, 6.45) is 1.87. The van der Waals surface area contributed by atoms with Crippen LogP contribution in [-0.4, -0.2) is 36.1 Å². The third-order valence-electron chi connectivity index (χ3n) is 4.09. The molecule has 2 rings (SSSR count). The highest BCUT2D eigenvalue weighted by atomic mass is 19.1. The molecule has 0 aliphatic rings. The van der Waals surface area contributed by atoms with Gasteiger partial charge in [-0.2, -0.15) is 0 Å². The number of carboxylic acids is 1. The molecule has 0 aromatic heterocycles. The first kappa shape index (κ1) is 20.4. The molecule has 0 heterocycles. The summed E-state index contributed by atoms with van der Waals surface area (Å²) in [5.74, 6) is 5.56. The smallest absolute Gasteiger partial charge is 0.317 e. The van der Waals surface area contributed by atoms with Crippen LogP contribution in [0.3, 0.4) is 0 Å². The van der Waals surface area contributed by atoms with Gasteiger partial charge in [0.2, 0.25) is 0 Å². The molecule has 0 aliphatic heterocycles. The molecular formula is C23H24FNO2. The molecule has 0 unspecified atom stereocenters. The van der Waals surface area contributed by atoms with E-state index in [2.05, 4.69) is 37.8 Å². The number of likely N-dealkylation sites (N-methyl/N-ethyl adjacent to an activating group) is 1. The van der Waals surface area contributed by atoms with Crippen molar-refractivity contribution in [2.24, 2.45) is 0 Å². The monoisotopic (exact) mass is 365 g/mol. The Morgan fingerprint density at radius 3 is 2.33 bits per heavy atom. The standard InChI is InChI=1S/C23H24FNO2/c1-17(2)19-7-4-18(5-8-19)6-9-21(14-15-25(3)16-23(26)27)20-10-12-22(24)13-11-20/h4-5,7-8,10-14,17H,15-16H2,1-3H3,(H,26,27)/b21-14-. The molecule has 0 aliphatic carbocycles. The predicted octanol–water partition coefficient (Wildman–Crippen LogP) is 4.40. The molecule has 0 radical (unpaired) electrons. The lowest BCUT2D eigenvalue weighted by molar-refractivity contribution is -0.137. The Hall–Kier alpha value is -2.90. The number of allylic oxidation sites excluding steroid dienone is 1. The molecule has 0 saturated heterocycles. The maximum absolute atomic E-state index is 13.2. The molecule has 0 fully saturated rings. The Morgan fingerprint density at radius 2 is 1.78 bits per heavy atom. The van der Waals surface area contributed by atoms with Crippen LogP contribution in [0.2, 0.25) is 0 Å². The molecule has 0 spiro atoms. The van der Waals surface area contributed by atoms with E-state index in [0.717, 1.165) is 16.7 Å². The van der Waals surface area contributed by atoms with E-state index in [1.165, 1.54) is 17.7 Å². The van der Waals surface area contributed by atoms with E-state index < -0.39 is 5.97 Å². The molecule has 2 aromatic rings. The van der Waals surface area contributed by atoms with Gasteiger partial charge in [-0.15, -0.1) is 0 Å². The van der Waals surface area contributed by atoms with Crippen molar-refractivity contribution >= 4 is 11.5 Å². The van der Waals surface area contributed by atoms with Gasteiger partial charge in [-0.1, -0.05) is 56.0 Å². The van der Waals surface area contributed by atoms with Crippen molar-refractivity contribution in [3.63, 3.8) is 0 Å². The maximum Gasteiger partial charge on any atom is 0.317 e. The second-order valence-electron chi connectivity index (χ2n) is 6.74. The number of carbonyl (C=O) groups is 1. The zero-order valence-corrected chi connectivity index (χ0v) is 15.9. The second-order valence-corrected chi connectivity index (χ2v) is 6.74. The number of halogens is 1. The van der Waals surface area contributed by atoms with E-state index in [9.17, 15) is 9.18 Å². The first-order chi connectivity index (χ1) is 12.8. The van der Waals surface area contributed by atoms with Gasteiger partial charge in [0.1, 0.15) is 5.82 Å². The van der Waals surface area contributed by atoms with Gasteiger partial charge >= 0.3 is 5.97 Å². The Labute approximate surface area is 160 Å². The van der Waals surface area contributed by atoms with Crippen LogP contribution in [0.25, 0.3) is 5.57 Å². The fourth-order valence-corrected chi connectivity index (χ4v) is 2.50. The number of nitrogens with zero attached hydrogens (tertiary/aromatic N) is 1. The molecule has 0 saturated carbocycles. The van der Waals surface area contributed by atoms with Gasteiger partial charge in [0.05, 0.1) is 6.54 Å². The van der Waals surface area contributed by atoms with Crippen molar-refractivity contribution in [2.75, 3.05) is 20.1 Å². The molecule has 1 N–H and O–H groups in total. The van der Waals surface area contributed by atoms with Crippen LogP contribution in [0.4, 0.5) is 4.39 Å². The lowest BCUT2D eigenvalue weighted by Gasteiger charge is -2.11. The summed E-state index contributed by atoms with van der Waals surface area (Å²) in [6.45, 7) is 4.66. The topological polar surface area (TPSA) is 40.5 Å². The molecule has 2 aromatic carbocycles. The summed E-state index contributed by atoms with van der Waals surface area (Å²) in [6, 6.07) is 14.2. The van der Waals surface area contributed by atoms with Crippen LogP contribution in [0.5, 0.6) is 0 Å². The van der Waals surface area contributed by atoms with E-state index in [-0.39, 0.29) is 12.4 Å². The number of hydrogen-bond donors (Lipinski definition) is 1. The van der Waals surface area contributed by atoms with Gasteiger partial charge in [0.15, 0.2) is 0 Å². The zero-order chi connectivity index (χ0) is 19.8. The van der Waals surface area contributed by atoms with Crippen LogP contribution in [-0.2, 0) is 4.79 Å². The fourth-order valence-electron chi connectivity index (χ4n) is 2.50. The van der Waals surface area contributed by atoms with E-state index in [4.69, 9.17) is 5.11 Å². The third-order valence-corrected chi connectivity index (χ3v) is 4.09. The van der Waals surface area contributed by atoms with Crippen LogP contribution in [0.15, 0.2) is 54.6 Å². The fraction of sp³-hybridized carbons (Fsp3) is 0.261. The molecule has 0 atom stereocenters. The minimum Gasteiger partial charge on any atom is -0.480 e. The van der Waals surface area contributed by atoms with Gasteiger partial charge in [-0.3, -0.25) is 9.69 Å². The first-order valence-electron chi connectivity index (χ1n) is 8.83.